The predicted octanol–water partition coefficient (Wildman–Crippen LogP) is 6.94. The lowest BCUT2D eigenvalue weighted by Crippen LogP contribution is -2.74. The van der Waals surface area contributed by atoms with Crippen LogP contribution >= 0.6 is 0 Å². The molecule has 236 valence electrons. The smallest absolute Gasteiger partial charge is 0.179 e. The van der Waals surface area contributed by atoms with Crippen molar-refractivity contribution in [2.24, 2.45) is 0 Å². The largest absolute Gasteiger partial charge is 0.308 e. The third-order valence-electron chi connectivity index (χ3n) is 11.3. The summed E-state index contributed by atoms with van der Waals surface area (Å²) in [5.74, 6) is 0. The SMILES string of the molecule is c1ccc([Si](c2ccccc2)(c2cc3c4cnccc4n4c5ccncc5c(c2)c34)c2cc3c4cnccc4n4c5ccncc5c(c2)c34)cc1. The monoisotopic (exact) mass is 666 g/mol. The average Bonchev–Trinajstić information content (AvgIpc) is 3.93. The van der Waals surface area contributed by atoms with Gasteiger partial charge in [-0.25, -0.2) is 0 Å². The molecule has 8 aromatic heterocycles. The van der Waals surface area contributed by atoms with Crippen LogP contribution in [-0.2, 0) is 0 Å². The van der Waals surface area contributed by atoms with Crippen molar-refractivity contribution in [3.05, 3.63) is 159 Å². The molecule has 0 aliphatic heterocycles. The maximum Gasteiger partial charge on any atom is 0.179 e. The number of fused-ring (bicyclic) bond motifs is 12. The van der Waals surface area contributed by atoms with E-state index in [0.717, 1.165) is 43.6 Å². The molecule has 12 rings (SSSR count). The quantitative estimate of drug-likeness (QED) is 0.151. The van der Waals surface area contributed by atoms with Crippen LogP contribution in [-0.4, -0.2) is 36.8 Å². The van der Waals surface area contributed by atoms with Crippen LogP contribution in [0, 0.1) is 0 Å². The maximum absolute atomic E-state index is 4.63. The van der Waals surface area contributed by atoms with Gasteiger partial charge >= 0.3 is 0 Å². The first-order chi connectivity index (χ1) is 25.3. The summed E-state index contributed by atoms with van der Waals surface area (Å²) in [4.78, 5) is 18.5. The van der Waals surface area contributed by atoms with Gasteiger partial charge in [-0.2, -0.15) is 0 Å². The maximum atomic E-state index is 4.63. The van der Waals surface area contributed by atoms with Gasteiger partial charge in [0, 0.05) is 92.7 Å². The Labute approximate surface area is 291 Å². The highest BCUT2D eigenvalue weighted by Gasteiger charge is 2.43. The van der Waals surface area contributed by atoms with Gasteiger partial charge in [0.1, 0.15) is 0 Å². The molecule has 7 heteroatoms. The van der Waals surface area contributed by atoms with E-state index < -0.39 is 8.07 Å². The summed E-state index contributed by atoms with van der Waals surface area (Å²) in [5.41, 5.74) is 7.08. The average molecular weight is 667 g/mol. The van der Waals surface area contributed by atoms with E-state index >= 15 is 0 Å². The molecule has 12 aromatic rings. The van der Waals surface area contributed by atoms with Crippen molar-refractivity contribution in [2.45, 2.75) is 0 Å². The first kappa shape index (κ1) is 27.2. The predicted molar refractivity (Wildman–Crippen MR) is 211 cm³/mol. The van der Waals surface area contributed by atoms with Crippen molar-refractivity contribution < 1.29 is 0 Å². The van der Waals surface area contributed by atoms with Crippen molar-refractivity contribution in [1.82, 2.24) is 28.7 Å². The van der Waals surface area contributed by atoms with Crippen molar-refractivity contribution in [3.8, 4) is 0 Å². The van der Waals surface area contributed by atoms with E-state index in [4.69, 9.17) is 0 Å². The molecule has 0 spiro atoms. The Morgan fingerprint density at radius 1 is 0.333 bits per heavy atom. The number of aromatic nitrogens is 6. The third kappa shape index (κ3) is 3.31. The first-order valence-corrected chi connectivity index (χ1v) is 19.2. The molecule has 0 N–H and O–H groups in total. The topological polar surface area (TPSA) is 60.4 Å². The van der Waals surface area contributed by atoms with Gasteiger partial charge in [-0.15, -0.1) is 0 Å². The second kappa shape index (κ2) is 9.71. The second-order valence-corrected chi connectivity index (χ2v) is 17.4. The number of benzene rings is 4. The van der Waals surface area contributed by atoms with E-state index in [1.807, 2.05) is 49.6 Å². The molecule has 0 unspecified atom stereocenters. The van der Waals surface area contributed by atoms with Gasteiger partial charge in [0.2, 0.25) is 0 Å². The van der Waals surface area contributed by atoms with Crippen LogP contribution < -0.4 is 20.7 Å². The molecule has 0 aliphatic carbocycles. The molecule has 0 aliphatic rings. The first-order valence-electron chi connectivity index (χ1n) is 17.2. The standard InChI is InChI=1S/C44H26N6Si/c1-3-7-27(8-4-1)51(28-9-5-2-6-10-28,29-19-31-35-23-45-15-11-39(35)49-40-12-16-46-24-36(40)32(20-29)43(31)49)30-21-33-37-25-47-17-13-41(37)50-42-14-18-48-26-38(42)34(22-30)44(33)50/h1-26H. The van der Waals surface area contributed by atoms with E-state index in [0.29, 0.717) is 0 Å². The van der Waals surface area contributed by atoms with E-state index in [1.165, 1.54) is 53.3 Å². The summed E-state index contributed by atoms with van der Waals surface area (Å²) in [7, 11) is -3.05. The summed E-state index contributed by atoms with van der Waals surface area (Å²) in [5, 5.41) is 14.8. The van der Waals surface area contributed by atoms with Gasteiger partial charge in [0.15, 0.2) is 8.07 Å². The molecule has 0 saturated carbocycles. The molecular formula is C44H26N6Si. The molecule has 8 heterocycles. The normalized spacial score (nSPS) is 12.7. The minimum Gasteiger partial charge on any atom is -0.308 e. The van der Waals surface area contributed by atoms with Crippen LogP contribution in [0.1, 0.15) is 0 Å². The Balaban J connectivity index is 1.33. The minimum absolute atomic E-state index is 1.16. The van der Waals surface area contributed by atoms with Crippen molar-refractivity contribution in [3.63, 3.8) is 0 Å². The van der Waals surface area contributed by atoms with Crippen LogP contribution in [0.25, 0.3) is 76.2 Å². The Kier molecular flexibility index (Phi) is 5.17. The van der Waals surface area contributed by atoms with E-state index in [1.54, 1.807) is 0 Å². The van der Waals surface area contributed by atoms with E-state index in [9.17, 15) is 0 Å². The number of hydrogen-bond donors (Lipinski definition) is 0. The molecule has 0 atom stereocenters. The third-order valence-corrected chi connectivity index (χ3v) is 16.0. The van der Waals surface area contributed by atoms with Crippen molar-refractivity contribution >= 4 is 105 Å². The van der Waals surface area contributed by atoms with Crippen LogP contribution in [0.4, 0.5) is 0 Å². The molecule has 0 amide bonds. The van der Waals surface area contributed by atoms with Crippen molar-refractivity contribution in [1.29, 1.82) is 0 Å². The van der Waals surface area contributed by atoms with Crippen LogP contribution in [0.3, 0.4) is 0 Å². The van der Waals surface area contributed by atoms with Crippen molar-refractivity contribution in [2.75, 3.05) is 0 Å². The highest BCUT2D eigenvalue weighted by molar-refractivity contribution is 7.20. The van der Waals surface area contributed by atoms with E-state index in [-0.39, 0.29) is 0 Å². The molecule has 0 saturated heterocycles. The molecule has 4 aromatic carbocycles. The molecular weight excluding hydrogens is 641 g/mol. The van der Waals surface area contributed by atoms with Gasteiger partial charge in [-0.05, 0) is 45.0 Å². The molecule has 51 heavy (non-hydrogen) atoms. The van der Waals surface area contributed by atoms with E-state index in [2.05, 4.69) is 138 Å². The number of rotatable bonds is 4. The number of pyridine rings is 4. The Bertz CT molecular complexity index is 2920. The van der Waals surface area contributed by atoms with Crippen LogP contribution in [0.15, 0.2) is 159 Å². The van der Waals surface area contributed by atoms with Gasteiger partial charge in [0.05, 0.1) is 33.1 Å². The zero-order chi connectivity index (χ0) is 33.3. The fraction of sp³-hybridized carbons (Fsp3) is 0. The molecule has 6 nitrogen and oxygen atoms in total. The lowest BCUT2D eigenvalue weighted by atomic mass is 10.1. The zero-order valence-corrected chi connectivity index (χ0v) is 28.2. The highest BCUT2D eigenvalue weighted by Crippen LogP contribution is 2.40. The summed E-state index contributed by atoms with van der Waals surface area (Å²) in [6.45, 7) is 0. The molecule has 0 bridgehead atoms. The second-order valence-electron chi connectivity index (χ2n) is 13.6. The van der Waals surface area contributed by atoms with Crippen LogP contribution in [0.5, 0.6) is 0 Å². The molecule has 0 radical (unpaired) electrons. The number of hydrogen-bond acceptors (Lipinski definition) is 4. The summed E-state index contributed by atoms with van der Waals surface area (Å²) < 4.78 is 4.80. The Morgan fingerprint density at radius 3 is 0.961 bits per heavy atom. The van der Waals surface area contributed by atoms with Gasteiger partial charge in [-0.1, -0.05) is 84.9 Å². The lowest BCUT2D eigenvalue weighted by molar-refractivity contribution is 1.30. The van der Waals surface area contributed by atoms with Crippen LogP contribution in [0.2, 0.25) is 0 Å². The molecule has 0 fully saturated rings. The minimum atomic E-state index is -3.05. The Hall–Kier alpha value is -6.70. The fourth-order valence-corrected chi connectivity index (χ4v) is 14.1. The fourth-order valence-electron chi connectivity index (χ4n) is 9.28. The zero-order valence-electron chi connectivity index (χ0n) is 27.2. The van der Waals surface area contributed by atoms with Gasteiger partial charge in [-0.3, -0.25) is 19.9 Å². The Morgan fingerprint density at radius 2 is 0.647 bits per heavy atom. The number of nitrogens with zero attached hydrogens (tertiary/aromatic N) is 6. The highest BCUT2D eigenvalue weighted by atomic mass is 28.3. The summed E-state index contributed by atoms with van der Waals surface area (Å²) in [6.07, 6.45) is 15.7. The summed E-state index contributed by atoms with van der Waals surface area (Å²) >= 11 is 0. The summed E-state index contributed by atoms with van der Waals surface area (Å²) in [6, 6.07) is 40.9. The van der Waals surface area contributed by atoms with Gasteiger partial charge < -0.3 is 8.80 Å². The van der Waals surface area contributed by atoms with Gasteiger partial charge in [0.25, 0.3) is 0 Å². The lowest BCUT2D eigenvalue weighted by Gasteiger charge is -2.35.